The molecule has 0 aliphatic carbocycles. The van der Waals surface area contributed by atoms with Crippen molar-refractivity contribution >= 4 is 33.3 Å². The molecule has 0 fully saturated rings. The molecule has 0 unspecified atom stereocenters. The summed E-state index contributed by atoms with van der Waals surface area (Å²) in [5.74, 6) is 1.68. The summed E-state index contributed by atoms with van der Waals surface area (Å²) in [4.78, 5) is 4.40. The van der Waals surface area contributed by atoms with Crippen molar-refractivity contribution in [1.29, 1.82) is 0 Å². The van der Waals surface area contributed by atoms with E-state index in [9.17, 15) is 0 Å². The highest BCUT2D eigenvalue weighted by atomic mass is 79.9. The summed E-state index contributed by atoms with van der Waals surface area (Å²) in [6.07, 6.45) is 0. The molecule has 1 aromatic carbocycles. The Kier molecular flexibility index (Phi) is 3.64. The number of aryl methyl sites for hydroxylation is 1. The minimum atomic E-state index is 0.832. The van der Waals surface area contributed by atoms with Crippen molar-refractivity contribution < 1.29 is 0 Å². The maximum absolute atomic E-state index is 4.40. The predicted molar refractivity (Wildman–Crippen MR) is 75.9 cm³/mol. The Morgan fingerprint density at radius 2 is 1.88 bits per heavy atom. The van der Waals surface area contributed by atoms with Crippen molar-refractivity contribution in [3.8, 4) is 0 Å². The van der Waals surface area contributed by atoms with Crippen LogP contribution in [0.2, 0.25) is 0 Å². The van der Waals surface area contributed by atoms with Crippen LogP contribution >= 0.6 is 15.9 Å². The van der Waals surface area contributed by atoms with Gasteiger partial charge < -0.3 is 10.6 Å². The van der Waals surface area contributed by atoms with Gasteiger partial charge in [-0.25, -0.2) is 4.98 Å². The van der Waals surface area contributed by atoms with Crippen LogP contribution in [-0.2, 0) is 0 Å². The number of anilines is 3. The second kappa shape index (κ2) is 5.19. The van der Waals surface area contributed by atoms with Gasteiger partial charge in [-0.15, -0.1) is 0 Å². The maximum Gasteiger partial charge on any atom is 0.132 e. The molecule has 0 radical (unpaired) electrons. The number of nitrogens with one attached hydrogen (secondary N) is 2. The summed E-state index contributed by atoms with van der Waals surface area (Å²) < 4.78 is 1.11. The summed E-state index contributed by atoms with van der Waals surface area (Å²) >= 11 is 3.48. The second-order valence-corrected chi connectivity index (χ2v) is 4.60. The van der Waals surface area contributed by atoms with Gasteiger partial charge in [0.15, 0.2) is 0 Å². The highest BCUT2D eigenvalue weighted by Gasteiger charge is 1.99. The molecular weight excluding hydrogens is 278 g/mol. The molecule has 2 aromatic rings. The monoisotopic (exact) mass is 291 g/mol. The van der Waals surface area contributed by atoms with Gasteiger partial charge in [0.2, 0.25) is 0 Å². The fourth-order valence-electron chi connectivity index (χ4n) is 1.51. The molecule has 0 saturated heterocycles. The lowest BCUT2D eigenvalue weighted by atomic mass is 10.2. The lowest BCUT2D eigenvalue weighted by molar-refractivity contribution is 1.27. The lowest BCUT2D eigenvalue weighted by Crippen LogP contribution is -1.97. The lowest BCUT2D eigenvalue weighted by Gasteiger charge is -2.08. The van der Waals surface area contributed by atoms with E-state index in [-0.39, 0.29) is 0 Å². The van der Waals surface area contributed by atoms with Crippen LogP contribution in [-0.4, -0.2) is 12.0 Å². The highest BCUT2D eigenvalue weighted by Crippen LogP contribution is 2.22. The van der Waals surface area contributed by atoms with Gasteiger partial charge in [-0.05, 0) is 42.8 Å². The molecule has 0 spiro atoms. The normalized spacial score (nSPS) is 10.1. The van der Waals surface area contributed by atoms with Crippen LogP contribution in [0.15, 0.2) is 40.9 Å². The third-order valence-corrected chi connectivity index (χ3v) is 3.33. The van der Waals surface area contributed by atoms with Crippen molar-refractivity contribution in [1.82, 2.24) is 4.98 Å². The second-order valence-electron chi connectivity index (χ2n) is 3.75. The van der Waals surface area contributed by atoms with Gasteiger partial charge in [0.05, 0.1) is 0 Å². The molecule has 17 heavy (non-hydrogen) atoms. The predicted octanol–water partition coefficient (Wildman–Crippen LogP) is 3.94. The zero-order valence-corrected chi connectivity index (χ0v) is 11.4. The van der Waals surface area contributed by atoms with Gasteiger partial charge in [-0.1, -0.05) is 22.0 Å². The Labute approximate surface area is 109 Å². The number of benzene rings is 1. The first-order chi connectivity index (χ1) is 8.19. The van der Waals surface area contributed by atoms with E-state index in [4.69, 9.17) is 0 Å². The Bertz CT molecular complexity index is 526. The van der Waals surface area contributed by atoms with E-state index in [0.29, 0.717) is 0 Å². The van der Waals surface area contributed by atoms with Crippen LogP contribution in [0.4, 0.5) is 17.3 Å². The topological polar surface area (TPSA) is 37.0 Å². The third kappa shape index (κ3) is 2.97. The van der Waals surface area contributed by atoms with Crippen LogP contribution in [0.1, 0.15) is 5.56 Å². The molecule has 0 aliphatic rings. The van der Waals surface area contributed by atoms with E-state index >= 15 is 0 Å². The van der Waals surface area contributed by atoms with Crippen LogP contribution < -0.4 is 10.6 Å². The van der Waals surface area contributed by atoms with Crippen LogP contribution in [0, 0.1) is 6.92 Å². The van der Waals surface area contributed by atoms with E-state index in [1.807, 2.05) is 37.4 Å². The van der Waals surface area contributed by atoms with E-state index in [1.165, 1.54) is 5.56 Å². The molecule has 0 aliphatic heterocycles. The molecular formula is C13H14BrN3. The van der Waals surface area contributed by atoms with E-state index in [0.717, 1.165) is 21.8 Å². The van der Waals surface area contributed by atoms with Gasteiger partial charge >= 0.3 is 0 Å². The number of halogens is 1. The van der Waals surface area contributed by atoms with Crippen LogP contribution in [0.25, 0.3) is 0 Å². The molecule has 0 saturated carbocycles. The Morgan fingerprint density at radius 3 is 2.59 bits per heavy atom. The number of nitrogens with zero attached hydrogens (tertiary/aromatic N) is 1. The summed E-state index contributed by atoms with van der Waals surface area (Å²) in [7, 11) is 1.86. The van der Waals surface area contributed by atoms with Crippen molar-refractivity contribution in [2.75, 3.05) is 17.7 Å². The molecule has 88 valence electrons. The molecule has 3 nitrogen and oxygen atoms in total. The van der Waals surface area contributed by atoms with Crippen molar-refractivity contribution in [2.45, 2.75) is 6.92 Å². The molecule has 4 heteroatoms. The summed E-state index contributed by atoms with van der Waals surface area (Å²) in [5.41, 5.74) is 2.23. The van der Waals surface area contributed by atoms with E-state index in [2.05, 4.69) is 44.5 Å². The average Bonchev–Trinajstić information content (AvgIpc) is 2.34. The van der Waals surface area contributed by atoms with Gasteiger partial charge in [-0.3, -0.25) is 0 Å². The van der Waals surface area contributed by atoms with Crippen LogP contribution in [0.5, 0.6) is 0 Å². The minimum Gasteiger partial charge on any atom is -0.373 e. The zero-order valence-electron chi connectivity index (χ0n) is 9.79. The SMILES string of the molecule is CNc1cccc(Nc2ccc(Br)c(C)c2)n1. The quantitative estimate of drug-likeness (QED) is 0.899. The molecule has 0 bridgehead atoms. The number of rotatable bonds is 3. The highest BCUT2D eigenvalue weighted by molar-refractivity contribution is 9.10. The minimum absolute atomic E-state index is 0.832. The van der Waals surface area contributed by atoms with E-state index in [1.54, 1.807) is 0 Å². The number of pyridine rings is 1. The standard InChI is InChI=1S/C13H14BrN3/c1-9-8-10(6-7-11(9)14)16-13-5-3-4-12(15-2)17-13/h3-8H,1-2H3,(H2,15,16,17). The Hall–Kier alpha value is -1.55. The third-order valence-electron chi connectivity index (χ3n) is 2.44. The molecule has 2 N–H and O–H groups in total. The first-order valence-corrected chi connectivity index (χ1v) is 6.16. The largest absolute Gasteiger partial charge is 0.373 e. The molecule has 0 atom stereocenters. The molecule has 1 aromatic heterocycles. The van der Waals surface area contributed by atoms with Gasteiger partial charge in [0.1, 0.15) is 11.6 Å². The zero-order chi connectivity index (χ0) is 12.3. The average molecular weight is 292 g/mol. The molecule has 2 rings (SSSR count). The van der Waals surface area contributed by atoms with Crippen molar-refractivity contribution in [3.63, 3.8) is 0 Å². The first-order valence-electron chi connectivity index (χ1n) is 5.37. The summed E-state index contributed by atoms with van der Waals surface area (Å²) in [5, 5.41) is 6.29. The van der Waals surface area contributed by atoms with Gasteiger partial charge in [0, 0.05) is 17.2 Å². The number of hydrogen-bond donors (Lipinski definition) is 2. The Morgan fingerprint density at radius 1 is 1.12 bits per heavy atom. The number of hydrogen-bond acceptors (Lipinski definition) is 3. The first kappa shape index (κ1) is 11.9. The Balaban J connectivity index is 2.22. The molecule has 0 amide bonds. The van der Waals surface area contributed by atoms with Crippen molar-refractivity contribution in [2.24, 2.45) is 0 Å². The smallest absolute Gasteiger partial charge is 0.132 e. The number of aromatic nitrogens is 1. The maximum atomic E-state index is 4.40. The summed E-state index contributed by atoms with van der Waals surface area (Å²) in [6.45, 7) is 2.06. The van der Waals surface area contributed by atoms with Gasteiger partial charge in [0.25, 0.3) is 0 Å². The fourth-order valence-corrected chi connectivity index (χ4v) is 1.76. The van der Waals surface area contributed by atoms with Crippen LogP contribution in [0.3, 0.4) is 0 Å². The van der Waals surface area contributed by atoms with Crippen molar-refractivity contribution in [3.05, 3.63) is 46.4 Å². The molecule has 1 heterocycles. The van der Waals surface area contributed by atoms with E-state index < -0.39 is 0 Å². The summed E-state index contributed by atoms with van der Waals surface area (Å²) in [6, 6.07) is 12.0. The van der Waals surface area contributed by atoms with Gasteiger partial charge in [-0.2, -0.15) is 0 Å². The fraction of sp³-hybridized carbons (Fsp3) is 0.154.